The van der Waals surface area contributed by atoms with Gasteiger partial charge in [0.05, 0.1) is 11.3 Å². The molecule has 2 aromatic carbocycles. The maximum absolute atomic E-state index is 13.0. The standard InChI is InChI=1S/C14H9F2NO4/c15-14(16)20-11-7-3-5-9(12(11)21-14)17-13(19)8-4-1-2-6-10(8)18/h1-7,18H,(H,17,19). The van der Waals surface area contributed by atoms with Crippen molar-refractivity contribution >= 4 is 11.6 Å². The second-order valence-corrected chi connectivity index (χ2v) is 4.27. The zero-order chi connectivity index (χ0) is 15.0. The number of phenolic OH excluding ortho intramolecular Hbond substituents is 1. The Bertz CT molecular complexity index is 718. The SMILES string of the molecule is O=C(Nc1cccc2c1OC(F)(F)O2)c1ccccc1O. The molecule has 0 atom stereocenters. The Kier molecular flexibility index (Phi) is 2.90. The second kappa shape index (κ2) is 4.62. The Balaban J connectivity index is 1.89. The number of fused-ring (bicyclic) bond motifs is 1. The summed E-state index contributed by atoms with van der Waals surface area (Å²) in [5.41, 5.74) is 0.0405. The van der Waals surface area contributed by atoms with E-state index < -0.39 is 12.2 Å². The van der Waals surface area contributed by atoms with Crippen LogP contribution in [0.2, 0.25) is 0 Å². The Morgan fingerprint density at radius 2 is 1.86 bits per heavy atom. The highest BCUT2D eigenvalue weighted by Gasteiger charge is 2.44. The van der Waals surface area contributed by atoms with Crippen molar-refractivity contribution in [1.29, 1.82) is 0 Å². The lowest BCUT2D eigenvalue weighted by Gasteiger charge is -2.09. The number of amides is 1. The van der Waals surface area contributed by atoms with Crippen LogP contribution in [0.3, 0.4) is 0 Å². The van der Waals surface area contributed by atoms with Gasteiger partial charge in [-0.3, -0.25) is 4.79 Å². The Morgan fingerprint density at radius 1 is 1.10 bits per heavy atom. The van der Waals surface area contributed by atoms with Gasteiger partial charge in [0.1, 0.15) is 5.75 Å². The number of alkyl halides is 2. The molecule has 0 saturated heterocycles. The fourth-order valence-corrected chi connectivity index (χ4v) is 1.92. The highest BCUT2D eigenvalue weighted by atomic mass is 19.3. The Labute approximate surface area is 117 Å². The van der Waals surface area contributed by atoms with Crippen LogP contribution in [0.5, 0.6) is 17.2 Å². The van der Waals surface area contributed by atoms with Crippen LogP contribution >= 0.6 is 0 Å². The van der Waals surface area contributed by atoms with Crippen molar-refractivity contribution in [1.82, 2.24) is 0 Å². The van der Waals surface area contributed by atoms with E-state index in [0.29, 0.717) is 0 Å². The normalized spacial score (nSPS) is 14.8. The molecular formula is C14H9F2NO4. The van der Waals surface area contributed by atoms with E-state index >= 15 is 0 Å². The topological polar surface area (TPSA) is 67.8 Å². The summed E-state index contributed by atoms with van der Waals surface area (Å²) in [5.74, 6) is -1.30. The molecule has 0 unspecified atom stereocenters. The summed E-state index contributed by atoms with van der Waals surface area (Å²) in [6, 6.07) is 10.00. The molecule has 1 heterocycles. The molecule has 1 aliphatic rings. The fourth-order valence-electron chi connectivity index (χ4n) is 1.92. The monoisotopic (exact) mass is 293 g/mol. The number of rotatable bonds is 2. The third kappa shape index (κ3) is 2.45. The predicted octanol–water partition coefficient (Wildman–Crippen LogP) is 2.97. The molecule has 2 aromatic rings. The van der Waals surface area contributed by atoms with Crippen LogP contribution in [0, 0.1) is 0 Å². The third-order valence-corrected chi connectivity index (χ3v) is 2.83. The van der Waals surface area contributed by atoms with Gasteiger partial charge in [-0.25, -0.2) is 0 Å². The third-order valence-electron chi connectivity index (χ3n) is 2.83. The molecule has 0 saturated carbocycles. The van der Waals surface area contributed by atoms with Crippen LogP contribution < -0.4 is 14.8 Å². The molecule has 2 N–H and O–H groups in total. The van der Waals surface area contributed by atoms with E-state index in [0.717, 1.165) is 0 Å². The molecule has 0 bridgehead atoms. The number of carbonyl (C=O) groups is 1. The van der Waals surface area contributed by atoms with Crippen molar-refractivity contribution in [3.8, 4) is 17.2 Å². The summed E-state index contributed by atoms with van der Waals surface area (Å²) in [4.78, 5) is 12.0. The molecule has 0 fully saturated rings. The van der Waals surface area contributed by atoms with Gasteiger partial charge in [0.15, 0.2) is 11.5 Å². The van der Waals surface area contributed by atoms with Crippen molar-refractivity contribution in [3.63, 3.8) is 0 Å². The van der Waals surface area contributed by atoms with Crippen molar-refractivity contribution in [2.75, 3.05) is 5.32 Å². The number of halogens is 2. The average Bonchev–Trinajstić information content (AvgIpc) is 2.74. The number of ether oxygens (including phenoxy) is 2. The van der Waals surface area contributed by atoms with E-state index in [2.05, 4.69) is 14.8 Å². The summed E-state index contributed by atoms with van der Waals surface area (Å²) in [5, 5.41) is 12.0. The maximum atomic E-state index is 13.0. The number of carbonyl (C=O) groups excluding carboxylic acids is 1. The first kappa shape index (κ1) is 13.2. The molecule has 1 amide bonds. The molecule has 0 radical (unpaired) electrons. The molecule has 1 aliphatic heterocycles. The first-order valence-electron chi connectivity index (χ1n) is 5.94. The largest absolute Gasteiger partial charge is 0.586 e. The number of hydrogen-bond acceptors (Lipinski definition) is 4. The second-order valence-electron chi connectivity index (χ2n) is 4.27. The van der Waals surface area contributed by atoms with Gasteiger partial charge in [-0.15, -0.1) is 8.78 Å². The lowest BCUT2D eigenvalue weighted by Crippen LogP contribution is -2.26. The zero-order valence-electron chi connectivity index (χ0n) is 10.5. The van der Waals surface area contributed by atoms with Crippen LogP contribution in [-0.4, -0.2) is 17.3 Å². The number of aromatic hydroxyl groups is 1. The molecular weight excluding hydrogens is 284 g/mol. The number of benzene rings is 2. The van der Waals surface area contributed by atoms with E-state index in [-0.39, 0.29) is 28.5 Å². The van der Waals surface area contributed by atoms with Gasteiger partial charge in [-0.05, 0) is 24.3 Å². The van der Waals surface area contributed by atoms with Gasteiger partial charge in [0, 0.05) is 0 Å². The van der Waals surface area contributed by atoms with Gasteiger partial charge in [-0.1, -0.05) is 18.2 Å². The van der Waals surface area contributed by atoms with Gasteiger partial charge < -0.3 is 19.9 Å². The predicted molar refractivity (Wildman–Crippen MR) is 68.7 cm³/mol. The minimum absolute atomic E-state index is 0.0146. The first-order chi connectivity index (χ1) is 9.96. The van der Waals surface area contributed by atoms with E-state index in [1.807, 2.05) is 0 Å². The summed E-state index contributed by atoms with van der Waals surface area (Å²) in [7, 11) is 0. The van der Waals surface area contributed by atoms with E-state index in [4.69, 9.17) is 0 Å². The van der Waals surface area contributed by atoms with Crippen molar-refractivity contribution in [3.05, 3.63) is 48.0 Å². The summed E-state index contributed by atoms with van der Waals surface area (Å²) in [6.45, 7) is 0. The van der Waals surface area contributed by atoms with Gasteiger partial charge in [0.2, 0.25) is 0 Å². The lowest BCUT2D eigenvalue weighted by atomic mass is 10.2. The van der Waals surface area contributed by atoms with Crippen molar-refractivity contribution in [2.24, 2.45) is 0 Å². The van der Waals surface area contributed by atoms with Gasteiger partial charge in [-0.2, -0.15) is 0 Å². The number of phenols is 1. The van der Waals surface area contributed by atoms with Crippen LogP contribution in [-0.2, 0) is 0 Å². The van der Waals surface area contributed by atoms with Gasteiger partial charge in [0.25, 0.3) is 5.91 Å². The highest BCUT2D eigenvalue weighted by molar-refractivity contribution is 6.07. The van der Waals surface area contributed by atoms with Gasteiger partial charge >= 0.3 is 6.29 Å². The smallest absolute Gasteiger partial charge is 0.507 e. The summed E-state index contributed by atoms with van der Waals surface area (Å²) >= 11 is 0. The van der Waals surface area contributed by atoms with E-state index in [1.54, 1.807) is 12.1 Å². The maximum Gasteiger partial charge on any atom is 0.586 e. The number of hydrogen-bond donors (Lipinski definition) is 2. The van der Waals surface area contributed by atoms with Crippen LogP contribution in [0.25, 0.3) is 0 Å². The van der Waals surface area contributed by atoms with E-state index in [1.165, 1.54) is 30.3 Å². The highest BCUT2D eigenvalue weighted by Crippen LogP contribution is 2.45. The molecule has 0 aromatic heterocycles. The number of nitrogens with one attached hydrogen (secondary N) is 1. The molecule has 21 heavy (non-hydrogen) atoms. The Hall–Kier alpha value is -2.83. The quantitative estimate of drug-likeness (QED) is 0.893. The summed E-state index contributed by atoms with van der Waals surface area (Å²) in [6.07, 6.45) is -3.77. The molecule has 7 heteroatoms. The van der Waals surface area contributed by atoms with E-state index in [9.17, 15) is 18.7 Å². The van der Waals surface area contributed by atoms with Crippen LogP contribution in [0.4, 0.5) is 14.5 Å². The minimum Gasteiger partial charge on any atom is -0.507 e. The molecule has 108 valence electrons. The molecule has 3 rings (SSSR count). The zero-order valence-corrected chi connectivity index (χ0v) is 10.5. The lowest BCUT2D eigenvalue weighted by molar-refractivity contribution is -0.286. The minimum atomic E-state index is -3.77. The fraction of sp³-hybridized carbons (Fsp3) is 0.0714. The average molecular weight is 293 g/mol. The molecule has 0 aliphatic carbocycles. The summed E-state index contributed by atoms with van der Waals surface area (Å²) < 4.78 is 34.7. The van der Waals surface area contributed by atoms with Crippen LogP contribution in [0.1, 0.15) is 10.4 Å². The number of para-hydroxylation sites is 2. The molecule has 5 nitrogen and oxygen atoms in total. The number of anilines is 1. The Morgan fingerprint density at radius 3 is 2.62 bits per heavy atom. The first-order valence-corrected chi connectivity index (χ1v) is 5.94. The van der Waals surface area contributed by atoms with Crippen molar-refractivity contribution in [2.45, 2.75) is 6.29 Å². The molecule has 0 spiro atoms. The van der Waals surface area contributed by atoms with Crippen LogP contribution in [0.15, 0.2) is 42.5 Å². The van der Waals surface area contributed by atoms with Crippen molar-refractivity contribution < 1.29 is 28.2 Å².